The van der Waals surface area contributed by atoms with Crippen LogP contribution in [0.3, 0.4) is 0 Å². The van der Waals surface area contributed by atoms with Gasteiger partial charge in [0, 0.05) is 23.9 Å². The number of rotatable bonds is 5. The molecule has 2 amide bonds. The number of urea groups is 1. The predicted octanol–water partition coefficient (Wildman–Crippen LogP) is 3.90. The van der Waals surface area contributed by atoms with Crippen LogP contribution in [0.5, 0.6) is 0 Å². The van der Waals surface area contributed by atoms with Crippen LogP contribution in [0.1, 0.15) is 44.7 Å². The Balaban J connectivity index is 2.11. The number of hydrogen-bond acceptors (Lipinski definition) is 3. The molecule has 0 aliphatic carbocycles. The minimum absolute atomic E-state index is 0.159. The molecule has 0 radical (unpaired) electrons. The number of likely N-dealkylation sites (tertiary alicyclic amines) is 1. The second-order valence-electron chi connectivity index (χ2n) is 6.34. The smallest absolute Gasteiger partial charge is 0.321 e. The number of nitrogens with zero attached hydrogens (tertiary/aromatic N) is 1. The van der Waals surface area contributed by atoms with E-state index in [-0.39, 0.29) is 17.0 Å². The Morgan fingerprint density at radius 1 is 1.20 bits per heavy atom. The van der Waals surface area contributed by atoms with Crippen molar-refractivity contribution in [3.8, 4) is 0 Å². The highest BCUT2D eigenvalue weighted by molar-refractivity contribution is 7.92. The average molecular weight is 387 g/mol. The van der Waals surface area contributed by atoms with Crippen molar-refractivity contribution in [3.05, 3.63) is 28.3 Å². The van der Waals surface area contributed by atoms with Gasteiger partial charge in [0.25, 0.3) is 0 Å². The number of amides is 2. The molecule has 1 aliphatic rings. The normalized spacial score (nSPS) is 16.1. The second-order valence-corrected chi connectivity index (χ2v) is 9.31. The Labute approximate surface area is 155 Å². The summed E-state index contributed by atoms with van der Waals surface area (Å²) in [6.07, 6.45) is 2.54. The van der Waals surface area contributed by atoms with Crippen molar-refractivity contribution >= 4 is 33.2 Å². The maximum absolute atomic E-state index is 12.7. The van der Waals surface area contributed by atoms with Crippen LogP contribution >= 0.6 is 11.6 Å². The van der Waals surface area contributed by atoms with Gasteiger partial charge in [-0.3, -0.25) is 0 Å². The molecule has 140 valence electrons. The number of aryl methyl sites for hydroxylation is 1. The lowest BCUT2D eigenvalue weighted by atomic mass is 10.0. The van der Waals surface area contributed by atoms with Gasteiger partial charge in [-0.25, -0.2) is 13.2 Å². The summed E-state index contributed by atoms with van der Waals surface area (Å²) in [5.41, 5.74) is 2.79. The molecule has 1 N–H and O–H groups in total. The van der Waals surface area contributed by atoms with Crippen LogP contribution in [0.2, 0.25) is 5.02 Å². The molecule has 0 aromatic heterocycles. The molecule has 2 rings (SSSR count). The molecule has 0 bridgehead atoms. The Kier molecular flexibility index (Phi) is 6.74. The van der Waals surface area contributed by atoms with Gasteiger partial charge >= 0.3 is 6.03 Å². The van der Waals surface area contributed by atoms with Crippen LogP contribution in [0, 0.1) is 0 Å². The lowest BCUT2D eigenvalue weighted by Gasteiger charge is -2.32. The summed E-state index contributed by atoms with van der Waals surface area (Å²) in [5.74, 6) is 0.159. The van der Waals surface area contributed by atoms with Crippen LogP contribution in [-0.2, 0) is 22.7 Å². The lowest BCUT2D eigenvalue weighted by Crippen LogP contribution is -2.44. The number of carbonyl (C=O) groups is 1. The number of anilines is 1. The first-order valence-corrected chi connectivity index (χ1v) is 11.0. The van der Waals surface area contributed by atoms with Crippen molar-refractivity contribution in [2.24, 2.45) is 0 Å². The molecule has 0 unspecified atom stereocenters. The van der Waals surface area contributed by atoms with E-state index in [1.165, 1.54) is 0 Å². The predicted molar refractivity (Wildman–Crippen MR) is 103 cm³/mol. The number of carbonyl (C=O) groups excluding carboxylic acids is 1. The number of piperidine rings is 1. The topological polar surface area (TPSA) is 66.5 Å². The summed E-state index contributed by atoms with van der Waals surface area (Å²) in [5, 5.41) is 3.34. The van der Waals surface area contributed by atoms with Crippen molar-refractivity contribution in [2.45, 2.75) is 51.7 Å². The largest absolute Gasteiger partial charge is 0.324 e. The molecular weight excluding hydrogens is 360 g/mol. The van der Waals surface area contributed by atoms with Crippen LogP contribution in [-0.4, -0.2) is 43.4 Å². The molecular formula is C18H27ClN2O3S. The average Bonchev–Trinajstić information content (AvgIpc) is 2.62. The highest BCUT2D eigenvalue weighted by atomic mass is 35.5. The van der Waals surface area contributed by atoms with Gasteiger partial charge in [0.05, 0.1) is 10.9 Å². The number of benzene rings is 1. The molecule has 0 spiro atoms. The minimum atomic E-state index is -3.03. The van der Waals surface area contributed by atoms with Gasteiger partial charge in [0.15, 0.2) is 9.84 Å². The maximum Gasteiger partial charge on any atom is 0.321 e. The van der Waals surface area contributed by atoms with E-state index in [0.717, 1.165) is 29.7 Å². The first kappa shape index (κ1) is 20.0. The number of halogens is 1. The third-order valence-electron chi connectivity index (χ3n) is 4.95. The van der Waals surface area contributed by atoms with Crippen molar-refractivity contribution in [3.63, 3.8) is 0 Å². The summed E-state index contributed by atoms with van der Waals surface area (Å²) in [6.45, 7) is 6.64. The van der Waals surface area contributed by atoms with E-state index in [0.29, 0.717) is 31.0 Å². The molecule has 1 aromatic rings. The molecule has 7 heteroatoms. The summed E-state index contributed by atoms with van der Waals surface area (Å²) >= 11 is 6.28. The van der Waals surface area contributed by atoms with E-state index in [4.69, 9.17) is 11.6 Å². The van der Waals surface area contributed by atoms with Crippen molar-refractivity contribution in [2.75, 3.05) is 24.2 Å². The van der Waals surface area contributed by atoms with Gasteiger partial charge in [-0.15, -0.1) is 0 Å². The summed E-state index contributed by atoms with van der Waals surface area (Å²) < 4.78 is 24.0. The summed E-state index contributed by atoms with van der Waals surface area (Å²) in [4.78, 5) is 14.4. The lowest BCUT2D eigenvalue weighted by molar-refractivity contribution is 0.200. The maximum atomic E-state index is 12.7. The van der Waals surface area contributed by atoms with E-state index in [1.54, 1.807) is 11.8 Å². The zero-order valence-electron chi connectivity index (χ0n) is 15.1. The second kappa shape index (κ2) is 8.41. The van der Waals surface area contributed by atoms with Crippen LogP contribution < -0.4 is 5.32 Å². The standard InChI is InChI=1S/C18H27ClN2O3S/c1-4-13-7-8-16(19)15(5-2)17(13)20-18(22)21-11-9-14(10-12-21)25(23,24)6-3/h7-8,14H,4-6,9-12H2,1-3H3,(H,20,22). The van der Waals surface area contributed by atoms with E-state index in [9.17, 15) is 13.2 Å². The molecule has 1 aromatic carbocycles. The number of nitrogens with one attached hydrogen (secondary N) is 1. The summed E-state index contributed by atoms with van der Waals surface area (Å²) in [6, 6.07) is 3.63. The monoisotopic (exact) mass is 386 g/mol. The van der Waals surface area contributed by atoms with Crippen molar-refractivity contribution in [1.29, 1.82) is 0 Å². The third-order valence-corrected chi connectivity index (χ3v) is 7.59. The zero-order chi connectivity index (χ0) is 18.6. The van der Waals surface area contributed by atoms with Crippen molar-refractivity contribution < 1.29 is 13.2 Å². The number of hydrogen-bond donors (Lipinski definition) is 1. The van der Waals surface area contributed by atoms with Gasteiger partial charge in [-0.2, -0.15) is 0 Å². The van der Waals surface area contributed by atoms with E-state index in [1.807, 2.05) is 26.0 Å². The molecule has 25 heavy (non-hydrogen) atoms. The van der Waals surface area contributed by atoms with Crippen molar-refractivity contribution in [1.82, 2.24) is 4.90 Å². The Morgan fingerprint density at radius 2 is 1.84 bits per heavy atom. The first-order valence-electron chi connectivity index (χ1n) is 8.91. The van der Waals surface area contributed by atoms with E-state index < -0.39 is 9.84 Å². The van der Waals surface area contributed by atoms with Crippen LogP contribution in [0.25, 0.3) is 0 Å². The van der Waals surface area contributed by atoms with Gasteiger partial charge in [-0.05, 0) is 42.9 Å². The fourth-order valence-corrected chi connectivity index (χ4v) is 5.00. The SMILES string of the molecule is CCc1ccc(Cl)c(CC)c1NC(=O)N1CCC(S(=O)(=O)CC)CC1. The molecule has 1 aliphatic heterocycles. The Morgan fingerprint density at radius 3 is 2.36 bits per heavy atom. The summed E-state index contributed by atoms with van der Waals surface area (Å²) in [7, 11) is -3.03. The highest BCUT2D eigenvalue weighted by Gasteiger charge is 2.30. The molecule has 0 saturated carbocycles. The van der Waals surface area contributed by atoms with Gasteiger partial charge < -0.3 is 10.2 Å². The third kappa shape index (κ3) is 4.47. The fourth-order valence-electron chi connectivity index (χ4n) is 3.31. The Hall–Kier alpha value is -1.27. The highest BCUT2D eigenvalue weighted by Crippen LogP contribution is 2.30. The van der Waals surface area contributed by atoms with Crippen LogP contribution in [0.4, 0.5) is 10.5 Å². The molecule has 1 fully saturated rings. The van der Waals surface area contributed by atoms with Gasteiger partial charge in [0.2, 0.25) is 0 Å². The Bertz CT molecular complexity index is 726. The quantitative estimate of drug-likeness (QED) is 0.834. The first-order chi connectivity index (χ1) is 11.8. The fraction of sp³-hybridized carbons (Fsp3) is 0.611. The van der Waals surface area contributed by atoms with E-state index in [2.05, 4.69) is 5.32 Å². The number of sulfone groups is 1. The van der Waals surface area contributed by atoms with Gasteiger partial charge in [0.1, 0.15) is 0 Å². The van der Waals surface area contributed by atoms with Crippen LogP contribution in [0.15, 0.2) is 12.1 Å². The van der Waals surface area contributed by atoms with Gasteiger partial charge in [-0.1, -0.05) is 38.4 Å². The molecule has 0 atom stereocenters. The molecule has 5 nitrogen and oxygen atoms in total. The molecule has 1 saturated heterocycles. The minimum Gasteiger partial charge on any atom is -0.324 e. The van der Waals surface area contributed by atoms with E-state index >= 15 is 0 Å². The molecule has 1 heterocycles. The zero-order valence-corrected chi connectivity index (χ0v) is 16.7.